The van der Waals surface area contributed by atoms with E-state index >= 15 is 0 Å². The second-order valence-electron chi connectivity index (χ2n) is 2.98. The van der Waals surface area contributed by atoms with Gasteiger partial charge >= 0.3 is 6.36 Å². The molecule has 0 bridgehead atoms. The number of ether oxygens (including phenoxy) is 1. The van der Waals surface area contributed by atoms with E-state index in [0.29, 0.717) is 17.7 Å². The highest BCUT2D eigenvalue weighted by Gasteiger charge is 2.31. The van der Waals surface area contributed by atoms with Gasteiger partial charge in [0.1, 0.15) is 5.75 Å². The van der Waals surface area contributed by atoms with E-state index in [1.807, 2.05) is 0 Å². The molecule has 1 rings (SSSR count). The third kappa shape index (κ3) is 3.45. The zero-order valence-corrected chi connectivity index (χ0v) is 8.45. The Hall–Kier alpha value is -1.72. The molecule has 0 aliphatic carbocycles. The van der Waals surface area contributed by atoms with Crippen molar-refractivity contribution in [2.75, 3.05) is 0 Å². The summed E-state index contributed by atoms with van der Waals surface area (Å²) in [4.78, 5) is 0. The summed E-state index contributed by atoms with van der Waals surface area (Å²) in [6, 6.07) is 5.30. The van der Waals surface area contributed by atoms with Gasteiger partial charge in [-0.2, -0.15) is 0 Å². The summed E-state index contributed by atoms with van der Waals surface area (Å²) in [5.74, 6) is -0.334. The molecule has 0 fully saturated rings. The molecule has 16 heavy (non-hydrogen) atoms. The molecule has 1 aromatic carbocycles. The lowest BCUT2D eigenvalue weighted by Gasteiger charge is -2.10. The molecule has 0 heterocycles. The van der Waals surface area contributed by atoms with E-state index in [1.165, 1.54) is 18.2 Å². The third-order valence-electron chi connectivity index (χ3n) is 1.86. The lowest BCUT2D eigenvalue weighted by molar-refractivity contribution is -0.274. The minimum atomic E-state index is -4.72. The molecule has 0 atom stereocenters. The summed E-state index contributed by atoms with van der Waals surface area (Å²) < 4.78 is 39.6. The van der Waals surface area contributed by atoms with Crippen LogP contribution >= 0.6 is 0 Å². The van der Waals surface area contributed by atoms with Gasteiger partial charge in [-0.1, -0.05) is 24.2 Å². The standard InChI is InChI=1S/C10H10F3NO2/c1-2-9(14-15)7-4-3-5-8(6-7)16-10(11,12)13/h3-6,15H,2H2,1H3/b14-9+. The second kappa shape index (κ2) is 4.87. The van der Waals surface area contributed by atoms with Crippen LogP contribution in [-0.2, 0) is 0 Å². The molecule has 6 heteroatoms. The van der Waals surface area contributed by atoms with Gasteiger partial charge in [-0.15, -0.1) is 13.2 Å². The summed E-state index contributed by atoms with van der Waals surface area (Å²) in [6.07, 6.45) is -4.31. The first-order valence-electron chi connectivity index (χ1n) is 4.53. The van der Waals surface area contributed by atoms with E-state index in [9.17, 15) is 13.2 Å². The molecular formula is C10H10F3NO2. The van der Waals surface area contributed by atoms with Gasteiger partial charge in [0, 0.05) is 5.56 Å². The van der Waals surface area contributed by atoms with Crippen LogP contribution in [0.5, 0.6) is 5.75 Å². The van der Waals surface area contributed by atoms with Crippen LogP contribution in [0.1, 0.15) is 18.9 Å². The quantitative estimate of drug-likeness (QED) is 0.495. The maximum Gasteiger partial charge on any atom is 0.573 e. The van der Waals surface area contributed by atoms with Crippen molar-refractivity contribution in [3.05, 3.63) is 29.8 Å². The van der Waals surface area contributed by atoms with Crippen molar-refractivity contribution in [2.24, 2.45) is 5.16 Å². The number of hydrogen-bond acceptors (Lipinski definition) is 3. The van der Waals surface area contributed by atoms with Gasteiger partial charge in [0.05, 0.1) is 5.71 Å². The highest BCUT2D eigenvalue weighted by Crippen LogP contribution is 2.23. The number of hydrogen-bond donors (Lipinski definition) is 1. The van der Waals surface area contributed by atoms with Gasteiger partial charge in [0.25, 0.3) is 0 Å². The van der Waals surface area contributed by atoms with Crippen molar-refractivity contribution >= 4 is 5.71 Å². The SMILES string of the molecule is CC/C(=N\O)c1cccc(OC(F)(F)F)c1. The van der Waals surface area contributed by atoms with E-state index in [2.05, 4.69) is 9.89 Å². The Morgan fingerprint density at radius 2 is 2.12 bits per heavy atom. The fourth-order valence-corrected chi connectivity index (χ4v) is 1.21. The predicted octanol–water partition coefficient (Wildman–Crippen LogP) is 3.17. The van der Waals surface area contributed by atoms with Crippen LogP contribution in [-0.4, -0.2) is 17.3 Å². The van der Waals surface area contributed by atoms with Crippen molar-refractivity contribution in [3.63, 3.8) is 0 Å². The molecule has 0 aliphatic heterocycles. The normalized spacial score (nSPS) is 12.6. The Morgan fingerprint density at radius 1 is 1.44 bits per heavy atom. The number of nitrogens with zero attached hydrogens (tertiary/aromatic N) is 1. The van der Waals surface area contributed by atoms with Gasteiger partial charge in [0.15, 0.2) is 0 Å². The van der Waals surface area contributed by atoms with E-state index < -0.39 is 6.36 Å². The summed E-state index contributed by atoms with van der Waals surface area (Å²) in [6.45, 7) is 1.73. The Morgan fingerprint density at radius 3 is 2.62 bits per heavy atom. The van der Waals surface area contributed by atoms with Gasteiger partial charge < -0.3 is 9.94 Å². The minimum Gasteiger partial charge on any atom is -0.411 e. The highest BCUT2D eigenvalue weighted by molar-refractivity contribution is 6.00. The largest absolute Gasteiger partial charge is 0.573 e. The Bertz CT molecular complexity index is 388. The smallest absolute Gasteiger partial charge is 0.411 e. The maximum atomic E-state index is 11.9. The average Bonchev–Trinajstić information content (AvgIpc) is 2.17. The van der Waals surface area contributed by atoms with Gasteiger partial charge in [-0.05, 0) is 18.6 Å². The van der Waals surface area contributed by atoms with Crippen LogP contribution in [0, 0.1) is 0 Å². The van der Waals surface area contributed by atoms with Crippen LogP contribution in [0.2, 0.25) is 0 Å². The maximum absolute atomic E-state index is 11.9. The van der Waals surface area contributed by atoms with Crippen LogP contribution in [0.25, 0.3) is 0 Å². The first-order valence-corrected chi connectivity index (χ1v) is 4.53. The predicted molar refractivity (Wildman–Crippen MR) is 51.7 cm³/mol. The number of halogens is 3. The van der Waals surface area contributed by atoms with E-state index in [0.717, 1.165) is 0 Å². The second-order valence-corrected chi connectivity index (χ2v) is 2.98. The fraction of sp³-hybridized carbons (Fsp3) is 0.300. The van der Waals surface area contributed by atoms with E-state index in [-0.39, 0.29) is 5.75 Å². The van der Waals surface area contributed by atoms with Crippen LogP contribution in [0.3, 0.4) is 0 Å². The van der Waals surface area contributed by atoms with Crippen molar-refractivity contribution in [1.29, 1.82) is 0 Å². The summed E-state index contributed by atoms with van der Waals surface area (Å²) >= 11 is 0. The zero-order chi connectivity index (χ0) is 12.2. The average molecular weight is 233 g/mol. The molecule has 0 amide bonds. The number of alkyl halides is 3. The molecule has 88 valence electrons. The third-order valence-corrected chi connectivity index (χ3v) is 1.86. The van der Waals surface area contributed by atoms with Gasteiger partial charge in [-0.3, -0.25) is 0 Å². The molecule has 0 saturated heterocycles. The Kier molecular flexibility index (Phi) is 3.76. The van der Waals surface area contributed by atoms with Crippen molar-refractivity contribution in [3.8, 4) is 5.75 Å². The molecular weight excluding hydrogens is 223 g/mol. The summed E-state index contributed by atoms with van der Waals surface area (Å²) in [7, 11) is 0. The van der Waals surface area contributed by atoms with E-state index in [4.69, 9.17) is 5.21 Å². The molecule has 0 spiro atoms. The lowest BCUT2D eigenvalue weighted by Crippen LogP contribution is -2.17. The van der Waals surface area contributed by atoms with Crippen LogP contribution < -0.4 is 4.74 Å². The molecule has 0 unspecified atom stereocenters. The van der Waals surface area contributed by atoms with Gasteiger partial charge in [0.2, 0.25) is 0 Å². The summed E-state index contributed by atoms with van der Waals surface area (Å²) in [5.41, 5.74) is 0.694. The molecule has 0 radical (unpaired) electrons. The van der Waals surface area contributed by atoms with Crippen molar-refractivity contribution < 1.29 is 23.1 Å². The number of rotatable bonds is 3. The zero-order valence-electron chi connectivity index (χ0n) is 8.45. The van der Waals surface area contributed by atoms with Gasteiger partial charge in [-0.25, -0.2) is 0 Å². The molecule has 1 N–H and O–H groups in total. The molecule has 0 aliphatic rings. The van der Waals surface area contributed by atoms with Crippen LogP contribution in [0.4, 0.5) is 13.2 Å². The topological polar surface area (TPSA) is 41.8 Å². The first kappa shape index (κ1) is 12.4. The highest BCUT2D eigenvalue weighted by atomic mass is 19.4. The molecule has 0 aromatic heterocycles. The summed E-state index contributed by atoms with van der Waals surface area (Å²) in [5, 5.41) is 11.6. The fourth-order valence-electron chi connectivity index (χ4n) is 1.21. The monoisotopic (exact) mass is 233 g/mol. The van der Waals surface area contributed by atoms with Crippen molar-refractivity contribution in [1.82, 2.24) is 0 Å². The van der Waals surface area contributed by atoms with Crippen LogP contribution in [0.15, 0.2) is 29.4 Å². The number of benzene rings is 1. The lowest BCUT2D eigenvalue weighted by atomic mass is 10.1. The van der Waals surface area contributed by atoms with Crippen molar-refractivity contribution in [2.45, 2.75) is 19.7 Å². The molecule has 3 nitrogen and oxygen atoms in total. The number of oxime groups is 1. The molecule has 1 aromatic rings. The van der Waals surface area contributed by atoms with E-state index in [1.54, 1.807) is 13.0 Å². The minimum absolute atomic E-state index is 0.299. The Labute approximate surface area is 90.1 Å². The molecule has 0 saturated carbocycles. The Balaban J connectivity index is 2.95. The first-order chi connectivity index (χ1) is 7.46.